The smallest absolute Gasteiger partial charge is 0.322 e. The molecule has 3 amide bonds. The van der Waals surface area contributed by atoms with E-state index in [1.165, 1.54) is 23.1 Å². The van der Waals surface area contributed by atoms with Crippen LogP contribution in [0, 0.1) is 11.7 Å². The number of nitrogens with zero attached hydrogens (tertiary/aromatic N) is 1. The molecule has 112 valence electrons. The molecular formula is C14H17FN4O2. The molecule has 1 aromatic carbocycles. The van der Waals surface area contributed by atoms with Crippen molar-refractivity contribution in [1.29, 1.82) is 0 Å². The highest BCUT2D eigenvalue weighted by atomic mass is 19.1. The summed E-state index contributed by atoms with van der Waals surface area (Å²) in [5.41, 5.74) is 1.27. The fourth-order valence-electron chi connectivity index (χ4n) is 2.39. The zero-order chi connectivity index (χ0) is 14.8. The van der Waals surface area contributed by atoms with Crippen LogP contribution in [0.2, 0.25) is 0 Å². The Hall–Kier alpha value is -2.15. The summed E-state index contributed by atoms with van der Waals surface area (Å²) in [6.45, 7) is 2.65. The number of anilines is 1. The van der Waals surface area contributed by atoms with E-state index >= 15 is 0 Å². The lowest BCUT2D eigenvalue weighted by Crippen LogP contribution is -2.50. The SMILES string of the molecule is O=C(CN1Cc2cc(F)ccc2NC1=O)NCC1CNC1. The first kappa shape index (κ1) is 13.8. The van der Waals surface area contributed by atoms with Gasteiger partial charge in [0.25, 0.3) is 0 Å². The summed E-state index contributed by atoms with van der Waals surface area (Å²) in [6, 6.07) is 3.87. The molecule has 2 heterocycles. The number of nitrogens with one attached hydrogen (secondary N) is 3. The Morgan fingerprint density at radius 1 is 1.43 bits per heavy atom. The van der Waals surface area contributed by atoms with Crippen molar-refractivity contribution in [2.75, 3.05) is 31.5 Å². The van der Waals surface area contributed by atoms with Gasteiger partial charge in [0.1, 0.15) is 12.4 Å². The highest BCUT2D eigenvalue weighted by Gasteiger charge is 2.25. The molecule has 1 saturated heterocycles. The molecule has 1 aromatic rings. The fraction of sp³-hybridized carbons (Fsp3) is 0.429. The molecule has 0 bridgehead atoms. The third-order valence-electron chi connectivity index (χ3n) is 3.75. The number of rotatable bonds is 4. The minimum absolute atomic E-state index is 0.0259. The number of carbonyl (C=O) groups is 2. The van der Waals surface area contributed by atoms with Crippen molar-refractivity contribution in [2.45, 2.75) is 6.54 Å². The normalized spacial score (nSPS) is 17.8. The Balaban J connectivity index is 1.57. The quantitative estimate of drug-likeness (QED) is 0.757. The van der Waals surface area contributed by atoms with Crippen LogP contribution in [0.25, 0.3) is 0 Å². The van der Waals surface area contributed by atoms with E-state index < -0.39 is 0 Å². The second kappa shape index (κ2) is 5.69. The summed E-state index contributed by atoms with van der Waals surface area (Å²) in [7, 11) is 0. The van der Waals surface area contributed by atoms with Crippen molar-refractivity contribution in [1.82, 2.24) is 15.5 Å². The molecule has 0 aromatic heterocycles. The zero-order valence-corrected chi connectivity index (χ0v) is 11.5. The van der Waals surface area contributed by atoms with E-state index in [0.29, 0.717) is 23.7 Å². The largest absolute Gasteiger partial charge is 0.354 e. The molecule has 2 aliphatic heterocycles. The molecule has 3 N–H and O–H groups in total. The summed E-state index contributed by atoms with van der Waals surface area (Å²) in [4.78, 5) is 25.1. The van der Waals surface area contributed by atoms with Crippen molar-refractivity contribution in [3.05, 3.63) is 29.6 Å². The van der Waals surface area contributed by atoms with Crippen LogP contribution >= 0.6 is 0 Å². The maximum Gasteiger partial charge on any atom is 0.322 e. The van der Waals surface area contributed by atoms with E-state index in [1.54, 1.807) is 0 Å². The fourth-order valence-corrected chi connectivity index (χ4v) is 2.39. The highest BCUT2D eigenvalue weighted by Crippen LogP contribution is 2.23. The lowest BCUT2D eigenvalue weighted by molar-refractivity contribution is -0.122. The van der Waals surface area contributed by atoms with Gasteiger partial charge in [0.15, 0.2) is 0 Å². The number of amides is 3. The van der Waals surface area contributed by atoms with E-state index in [9.17, 15) is 14.0 Å². The monoisotopic (exact) mass is 292 g/mol. The van der Waals surface area contributed by atoms with Crippen molar-refractivity contribution in [2.24, 2.45) is 5.92 Å². The van der Waals surface area contributed by atoms with Crippen molar-refractivity contribution in [3.63, 3.8) is 0 Å². The van der Waals surface area contributed by atoms with Gasteiger partial charge in [0.05, 0.1) is 6.54 Å². The minimum Gasteiger partial charge on any atom is -0.354 e. The lowest BCUT2D eigenvalue weighted by atomic mass is 10.0. The van der Waals surface area contributed by atoms with Gasteiger partial charge in [-0.15, -0.1) is 0 Å². The number of urea groups is 1. The van der Waals surface area contributed by atoms with Crippen LogP contribution in [-0.4, -0.2) is 43.0 Å². The van der Waals surface area contributed by atoms with Crippen molar-refractivity contribution < 1.29 is 14.0 Å². The summed E-state index contributed by atoms with van der Waals surface area (Å²) in [5.74, 6) is -0.0809. The average Bonchev–Trinajstić information content (AvgIpc) is 2.38. The van der Waals surface area contributed by atoms with Gasteiger partial charge in [-0.2, -0.15) is 0 Å². The molecule has 0 unspecified atom stereocenters. The number of halogens is 1. The topological polar surface area (TPSA) is 73.5 Å². The third kappa shape index (κ3) is 3.13. The number of fused-ring (bicyclic) bond motifs is 1. The van der Waals surface area contributed by atoms with Gasteiger partial charge in [0.2, 0.25) is 5.91 Å². The van der Waals surface area contributed by atoms with Crippen LogP contribution < -0.4 is 16.0 Å². The van der Waals surface area contributed by atoms with Crippen molar-refractivity contribution >= 4 is 17.6 Å². The molecule has 6 nitrogen and oxygen atoms in total. The molecule has 0 saturated carbocycles. The van der Waals surface area contributed by atoms with Crippen LogP contribution in [0.3, 0.4) is 0 Å². The first-order valence-electron chi connectivity index (χ1n) is 6.93. The van der Waals surface area contributed by atoms with E-state index in [1.807, 2.05) is 0 Å². The van der Waals surface area contributed by atoms with Crippen LogP contribution in [0.5, 0.6) is 0 Å². The summed E-state index contributed by atoms with van der Waals surface area (Å²) in [6.07, 6.45) is 0. The van der Waals surface area contributed by atoms with Gasteiger partial charge < -0.3 is 20.9 Å². The second-order valence-corrected chi connectivity index (χ2v) is 5.42. The third-order valence-corrected chi connectivity index (χ3v) is 3.75. The second-order valence-electron chi connectivity index (χ2n) is 5.42. The first-order chi connectivity index (χ1) is 10.1. The van der Waals surface area contributed by atoms with Crippen molar-refractivity contribution in [3.8, 4) is 0 Å². The van der Waals surface area contributed by atoms with Crippen LogP contribution in [0.1, 0.15) is 5.56 Å². The van der Waals surface area contributed by atoms with E-state index in [4.69, 9.17) is 0 Å². The van der Waals surface area contributed by atoms with Gasteiger partial charge in [-0.25, -0.2) is 9.18 Å². The summed E-state index contributed by atoms with van der Waals surface area (Å²) < 4.78 is 13.2. The van der Waals surface area contributed by atoms with Gasteiger partial charge in [-0.05, 0) is 23.8 Å². The maximum atomic E-state index is 13.2. The molecule has 2 aliphatic rings. The Morgan fingerprint density at radius 2 is 2.24 bits per heavy atom. The van der Waals surface area contributed by atoms with Crippen LogP contribution in [0.15, 0.2) is 18.2 Å². The van der Waals surface area contributed by atoms with Gasteiger partial charge >= 0.3 is 6.03 Å². The Kier molecular flexibility index (Phi) is 3.74. The minimum atomic E-state index is -0.355. The van der Waals surface area contributed by atoms with Crippen LogP contribution in [0.4, 0.5) is 14.9 Å². The first-order valence-corrected chi connectivity index (χ1v) is 6.93. The summed E-state index contributed by atoms with van der Waals surface area (Å²) in [5, 5.41) is 8.60. The molecule has 3 rings (SSSR count). The van der Waals surface area contributed by atoms with Gasteiger partial charge in [-0.1, -0.05) is 0 Å². The molecule has 0 atom stereocenters. The average molecular weight is 292 g/mol. The van der Waals surface area contributed by atoms with E-state index in [0.717, 1.165) is 13.1 Å². The number of carbonyl (C=O) groups excluding carboxylic acids is 2. The molecule has 0 radical (unpaired) electrons. The molecule has 0 aliphatic carbocycles. The van der Waals surface area contributed by atoms with E-state index in [2.05, 4.69) is 16.0 Å². The Labute approximate surface area is 121 Å². The predicted molar refractivity (Wildman–Crippen MR) is 75.2 cm³/mol. The van der Waals surface area contributed by atoms with Gasteiger partial charge in [-0.3, -0.25) is 4.79 Å². The zero-order valence-electron chi connectivity index (χ0n) is 11.5. The lowest BCUT2D eigenvalue weighted by Gasteiger charge is -2.30. The molecular weight excluding hydrogens is 275 g/mol. The molecule has 7 heteroatoms. The number of hydrogen-bond acceptors (Lipinski definition) is 3. The molecule has 1 fully saturated rings. The predicted octanol–water partition coefficient (Wildman–Crippen LogP) is 0.509. The molecule has 21 heavy (non-hydrogen) atoms. The highest BCUT2D eigenvalue weighted by molar-refractivity contribution is 5.94. The number of hydrogen-bond donors (Lipinski definition) is 3. The maximum absolute atomic E-state index is 13.2. The number of benzene rings is 1. The van der Waals surface area contributed by atoms with Gasteiger partial charge in [0, 0.05) is 31.2 Å². The Bertz CT molecular complexity index is 574. The summed E-state index contributed by atoms with van der Waals surface area (Å²) >= 11 is 0. The van der Waals surface area contributed by atoms with E-state index in [-0.39, 0.29) is 30.8 Å². The standard InChI is InChI=1S/C14H17FN4O2/c15-11-1-2-12-10(3-11)7-19(14(21)18-12)8-13(20)17-6-9-4-16-5-9/h1-3,9,16H,4-8H2,(H,17,20)(H,18,21). The Morgan fingerprint density at radius 3 is 2.95 bits per heavy atom. The molecule has 0 spiro atoms. The van der Waals surface area contributed by atoms with Crippen LogP contribution in [-0.2, 0) is 11.3 Å².